The Morgan fingerprint density at radius 1 is 1.32 bits per heavy atom. The van der Waals surface area contributed by atoms with Crippen LogP contribution in [0.15, 0.2) is 59.1 Å². The Morgan fingerprint density at radius 2 is 2.08 bits per heavy atom. The molecular formula is C17H14BrFN2O4. The highest BCUT2D eigenvalue weighted by Crippen LogP contribution is 2.31. The predicted molar refractivity (Wildman–Crippen MR) is 91.9 cm³/mol. The highest BCUT2D eigenvalue weighted by Gasteiger charge is 2.24. The summed E-state index contributed by atoms with van der Waals surface area (Å²) in [6, 6.07) is 11.2. The molecule has 1 heterocycles. The summed E-state index contributed by atoms with van der Waals surface area (Å²) in [6.45, 7) is 0.212. The smallest absolute Gasteiger partial charge is 0.329 e. The van der Waals surface area contributed by atoms with Gasteiger partial charge in [-0.1, -0.05) is 46.3 Å². The number of carbonyl (C=O) groups excluding carboxylic acids is 1. The number of nitrogens with zero attached hydrogens (tertiary/aromatic N) is 1. The third-order valence-corrected chi connectivity index (χ3v) is 3.88. The van der Waals surface area contributed by atoms with E-state index >= 15 is 0 Å². The van der Waals surface area contributed by atoms with Crippen molar-refractivity contribution < 1.29 is 23.8 Å². The van der Waals surface area contributed by atoms with Gasteiger partial charge in [-0.15, -0.1) is 0 Å². The van der Waals surface area contributed by atoms with Gasteiger partial charge >= 0.3 is 6.03 Å². The topological polar surface area (TPSA) is 71.0 Å². The molecule has 0 spiro atoms. The van der Waals surface area contributed by atoms with Gasteiger partial charge in [0.1, 0.15) is 6.26 Å². The van der Waals surface area contributed by atoms with Crippen LogP contribution in [0.25, 0.3) is 0 Å². The minimum absolute atomic E-state index is 0.00463. The molecule has 1 aliphatic heterocycles. The first kappa shape index (κ1) is 17.1. The van der Waals surface area contributed by atoms with Crippen molar-refractivity contribution in [3.8, 4) is 5.75 Å². The number of carbonyl (C=O) groups is 1. The van der Waals surface area contributed by atoms with E-state index in [0.29, 0.717) is 4.47 Å². The molecule has 130 valence electrons. The zero-order chi connectivity index (χ0) is 17.8. The predicted octanol–water partition coefficient (Wildman–Crippen LogP) is 4.13. The molecule has 0 bridgehead atoms. The Labute approximate surface area is 151 Å². The molecular weight excluding hydrogens is 395 g/mol. The van der Waals surface area contributed by atoms with Crippen molar-refractivity contribution in [2.24, 2.45) is 0 Å². The Hall–Kier alpha value is -2.74. The molecule has 0 saturated carbocycles. The van der Waals surface area contributed by atoms with Gasteiger partial charge in [0, 0.05) is 4.47 Å². The molecule has 2 aromatic carbocycles. The van der Waals surface area contributed by atoms with E-state index in [4.69, 9.17) is 9.47 Å². The second-order valence-electron chi connectivity index (χ2n) is 5.17. The second kappa shape index (κ2) is 7.43. The first-order chi connectivity index (χ1) is 12.0. The number of rotatable bonds is 4. The highest BCUT2D eigenvalue weighted by molar-refractivity contribution is 9.10. The van der Waals surface area contributed by atoms with Gasteiger partial charge in [-0.2, -0.15) is 0 Å². The lowest BCUT2D eigenvalue weighted by atomic mass is 10.2. The first-order valence-corrected chi connectivity index (χ1v) is 8.09. The molecule has 1 aliphatic rings. The van der Waals surface area contributed by atoms with E-state index in [1.807, 2.05) is 30.3 Å². The lowest BCUT2D eigenvalue weighted by Crippen LogP contribution is -2.34. The molecule has 0 saturated heterocycles. The van der Waals surface area contributed by atoms with Crippen LogP contribution in [-0.4, -0.2) is 22.8 Å². The quantitative estimate of drug-likeness (QED) is 0.746. The summed E-state index contributed by atoms with van der Waals surface area (Å²) in [6.07, 6.45) is 1.32. The van der Waals surface area contributed by atoms with Crippen LogP contribution in [-0.2, 0) is 16.0 Å². The van der Waals surface area contributed by atoms with Crippen molar-refractivity contribution in [2.75, 3.05) is 12.1 Å². The number of amides is 2. The number of benzene rings is 2. The number of nitrogens with one attached hydrogen (secondary N) is 1. The van der Waals surface area contributed by atoms with Crippen LogP contribution < -0.4 is 5.32 Å². The number of phenols is 1. The lowest BCUT2D eigenvalue weighted by molar-refractivity contribution is 0.0554. The maximum Gasteiger partial charge on any atom is 0.329 e. The fourth-order valence-corrected chi connectivity index (χ4v) is 2.66. The van der Waals surface area contributed by atoms with Crippen LogP contribution in [0.3, 0.4) is 0 Å². The van der Waals surface area contributed by atoms with Crippen LogP contribution in [0.5, 0.6) is 5.75 Å². The van der Waals surface area contributed by atoms with Crippen molar-refractivity contribution in [1.82, 2.24) is 4.90 Å². The number of halogens is 2. The van der Waals surface area contributed by atoms with Gasteiger partial charge in [-0.05, 0) is 17.7 Å². The molecule has 0 atom stereocenters. The average molecular weight is 409 g/mol. The number of ether oxygens (including phenoxy) is 2. The van der Waals surface area contributed by atoms with Crippen LogP contribution >= 0.6 is 15.9 Å². The third kappa shape index (κ3) is 4.03. The standard InChI is InChI=1S/C17H14BrFN2O4/c18-12-6-13(19)16(22)14(7-12)20-17(23)21(15-9-24-10-25-15)8-11-4-2-1-3-5-11/h1-7,9,22H,8,10H2,(H,20,23). The highest BCUT2D eigenvalue weighted by atomic mass is 79.9. The van der Waals surface area contributed by atoms with Crippen LogP contribution in [0.2, 0.25) is 0 Å². The summed E-state index contributed by atoms with van der Waals surface area (Å²) in [5.74, 6) is -1.27. The SMILES string of the molecule is O=C(Nc1cc(Br)cc(F)c1O)N(Cc1ccccc1)C1=COCO1. The van der Waals surface area contributed by atoms with E-state index < -0.39 is 17.6 Å². The normalized spacial score (nSPS) is 12.8. The number of anilines is 1. The van der Waals surface area contributed by atoms with Gasteiger partial charge in [0.25, 0.3) is 0 Å². The monoisotopic (exact) mass is 408 g/mol. The van der Waals surface area contributed by atoms with Gasteiger partial charge < -0.3 is 19.9 Å². The molecule has 0 radical (unpaired) electrons. The number of phenolic OH excluding ortho intramolecular Hbond substituents is 1. The number of hydrogen-bond donors (Lipinski definition) is 2. The zero-order valence-corrected chi connectivity index (χ0v) is 14.5. The summed E-state index contributed by atoms with van der Waals surface area (Å²) in [5.41, 5.74) is 0.799. The van der Waals surface area contributed by atoms with Crippen molar-refractivity contribution in [3.63, 3.8) is 0 Å². The van der Waals surface area contributed by atoms with E-state index in [1.54, 1.807) is 0 Å². The minimum atomic E-state index is -0.848. The third-order valence-electron chi connectivity index (χ3n) is 3.42. The van der Waals surface area contributed by atoms with Gasteiger partial charge in [-0.25, -0.2) is 9.18 Å². The Bertz CT molecular complexity index is 814. The van der Waals surface area contributed by atoms with Gasteiger partial charge in [0.2, 0.25) is 12.7 Å². The largest absolute Gasteiger partial charge is 0.503 e. The van der Waals surface area contributed by atoms with Gasteiger partial charge in [-0.3, -0.25) is 4.90 Å². The van der Waals surface area contributed by atoms with Gasteiger partial charge in [0.15, 0.2) is 11.6 Å². The molecule has 0 fully saturated rings. The maximum absolute atomic E-state index is 13.6. The lowest BCUT2D eigenvalue weighted by Gasteiger charge is -2.22. The van der Waals surface area contributed by atoms with E-state index in [2.05, 4.69) is 21.2 Å². The summed E-state index contributed by atoms with van der Waals surface area (Å²) in [5, 5.41) is 12.3. The van der Waals surface area contributed by atoms with Crippen molar-refractivity contribution in [2.45, 2.75) is 6.54 Å². The van der Waals surface area contributed by atoms with E-state index in [9.17, 15) is 14.3 Å². The molecule has 2 aromatic rings. The van der Waals surface area contributed by atoms with Crippen molar-refractivity contribution >= 4 is 27.6 Å². The van der Waals surface area contributed by atoms with E-state index in [0.717, 1.165) is 11.6 Å². The fraction of sp³-hybridized carbons (Fsp3) is 0.118. The molecule has 6 nitrogen and oxygen atoms in total. The summed E-state index contributed by atoms with van der Waals surface area (Å²) < 4.78 is 24.3. The summed E-state index contributed by atoms with van der Waals surface area (Å²) in [4.78, 5) is 14.0. The summed E-state index contributed by atoms with van der Waals surface area (Å²) >= 11 is 3.12. The molecule has 8 heteroatoms. The molecule has 25 heavy (non-hydrogen) atoms. The molecule has 3 rings (SSSR count). The number of aromatic hydroxyl groups is 1. The Kier molecular flexibility index (Phi) is 5.08. The molecule has 0 aliphatic carbocycles. The van der Waals surface area contributed by atoms with Crippen molar-refractivity contribution in [3.05, 3.63) is 70.5 Å². The second-order valence-corrected chi connectivity index (χ2v) is 6.09. The molecule has 0 unspecified atom stereocenters. The molecule has 2 amide bonds. The Balaban J connectivity index is 1.84. The van der Waals surface area contributed by atoms with Crippen LogP contribution in [0.4, 0.5) is 14.9 Å². The van der Waals surface area contributed by atoms with Gasteiger partial charge in [0.05, 0.1) is 12.2 Å². The van der Waals surface area contributed by atoms with Crippen LogP contribution in [0, 0.1) is 5.82 Å². The number of urea groups is 1. The average Bonchev–Trinajstić information content (AvgIpc) is 3.12. The first-order valence-electron chi connectivity index (χ1n) is 7.29. The molecule has 0 aromatic heterocycles. The van der Waals surface area contributed by atoms with E-state index in [1.165, 1.54) is 17.2 Å². The van der Waals surface area contributed by atoms with E-state index in [-0.39, 0.29) is 24.9 Å². The minimum Gasteiger partial charge on any atom is -0.503 e. The number of hydrogen-bond acceptors (Lipinski definition) is 4. The zero-order valence-electron chi connectivity index (χ0n) is 12.9. The van der Waals surface area contributed by atoms with Crippen molar-refractivity contribution in [1.29, 1.82) is 0 Å². The molecule has 2 N–H and O–H groups in total. The fourth-order valence-electron chi connectivity index (χ4n) is 2.24. The van der Waals surface area contributed by atoms with Crippen LogP contribution in [0.1, 0.15) is 5.56 Å². The summed E-state index contributed by atoms with van der Waals surface area (Å²) in [7, 11) is 0. The Morgan fingerprint density at radius 3 is 2.76 bits per heavy atom. The maximum atomic E-state index is 13.6.